The van der Waals surface area contributed by atoms with Gasteiger partial charge < -0.3 is 5.11 Å². The fraction of sp³-hybridized carbons (Fsp3) is 0.231. The Hall–Kier alpha value is -1.96. The third-order valence-corrected chi connectivity index (χ3v) is 3.85. The van der Waals surface area contributed by atoms with Crippen LogP contribution in [-0.4, -0.2) is 14.7 Å². The maximum Gasteiger partial charge on any atom is 0.416 e. The van der Waals surface area contributed by atoms with Gasteiger partial charge in [0.15, 0.2) is 10.9 Å². The smallest absolute Gasteiger partial charge is 0.416 e. The minimum absolute atomic E-state index is 0.231. The van der Waals surface area contributed by atoms with Gasteiger partial charge >= 0.3 is 6.18 Å². The molecule has 0 spiro atoms. The second-order valence-electron chi connectivity index (χ2n) is 4.28. The molecular formula is C13H11F3N2O2S. The molecule has 0 saturated carbocycles. The lowest BCUT2D eigenvalue weighted by molar-refractivity contribution is -0.137. The molecule has 8 heteroatoms. The minimum Gasteiger partial charge on any atom is -0.502 e. The topological polar surface area (TPSA) is 55.1 Å². The van der Waals surface area contributed by atoms with Crippen LogP contribution >= 0.6 is 11.8 Å². The molecule has 0 fully saturated rings. The molecule has 0 bridgehead atoms. The molecule has 0 unspecified atom stereocenters. The van der Waals surface area contributed by atoms with Crippen LogP contribution < -0.4 is 5.56 Å². The summed E-state index contributed by atoms with van der Waals surface area (Å²) in [5.41, 5.74) is -0.846. The number of hydrogen-bond donors (Lipinski definition) is 1. The van der Waals surface area contributed by atoms with Crippen LogP contribution in [-0.2, 0) is 19.0 Å². The Kier molecular flexibility index (Phi) is 4.26. The van der Waals surface area contributed by atoms with Crippen LogP contribution in [0.2, 0.25) is 0 Å². The largest absolute Gasteiger partial charge is 0.502 e. The van der Waals surface area contributed by atoms with Gasteiger partial charge in [-0.1, -0.05) is 30.0 Å². The van der Waals surface area contributed by atoms with Crippen molar-refractivity contribution < 1.29 is 18.3 Å². The van der Waals surface area contributed by atoms with Gasteiger partial charge in [-0.25, -0.2) is 4.98 Å². The number of benzene rings is 1. The van der Waals surface area contributed by atoms with E-state index in [1.807, 2.05) is 0 Å². The minimum atomic E-state index is -4.38. The number of hydrogen-bond acceptors (Lipinski definition) is 4. The predicted octanol–water partition coefficient (Wildman–Crippen LogP) is 2.80. The van der Waals surface area contributed by atoms with Gasteiger partial charge in [-0.05, 0) is 11.6 Å². The highest BCUT2D eigenvalue weighted by Gasteiger charge is 2.30. The van der Waals surface area contributed by atoms with Gasteiger partial charge in [-0.2, -0.15) is 13.2 Å². The van der Waals surface area contributed by atoms with Crippen molar-refractivity contribution in [1.82, 2.24) is 9.55 Å². The molecule has 0 aliphatic carbocycles. The van der Waals surface area contributed by atoms with Crippen molar-refractivity contribution in [3.05, 3.63) is 51.9 Å². The molecule has 0 amide bonds. The van der Waals surface area contributed by atoms with Crippen molar-refractivity contribution in [2.75, 3.05) is 0 Å². The molecule has 0 atom stereocenters. The summed E-state index contributed by atoms with van der Waals surface area (Å²) in [7, 11) is 1.43. The fourth-order valence-corrected chi connectivity index (χ4v) is 2.52. The van der Waals surface area contributed by atoms with E-state index < -0.39 is 23.0 Å². The molecule has 0 saturated heterocycles. The lowest BCUT2D eigenvalue weighted by Gasteiger charge is -2.09. The molecule has 2 aromatic rings. The first-order valence-electron chi connectivity index (χ1n) is 5.83. The molecule has 1 heterocycles. The standard InChI is InChI=1S/C13H11F3N2O2S/c1-18-11(20)10(19)6-17-12(18)21-7-8-3-2-4-9(5-8)13(14,15)16/h2-6,19H,7H2,1H3. The summed E-state index contributed by atoms with van der Waals surface area (Å²) in [5.74, 6) is -0.240. The van der Waals surface area contributed by atoms with E-state index in [9.17, 15) is 23.1 Å². The predicted molar refractivity (Wildman–Crippen MR) is 72.1 cm³/mol. The molecule has 112 valence electrons. The van der Waals surface area contributed by atoms with E-state index in [-0.39, 0.29) is 5.75 Å². The lowest BCUT2D eigenvalue weighted by Crippen LogP contribution is -2.18. The fourth-order valence-electron chi connectivity index (χ4n) is 1.64. The molecule has 1 aromatic heterocycles. The highest BCUT2D eigenvalue weighted by molar-refractivity contribution is 7.98. The molecule has 2 rings (SSSR count). The number of nitrogens with zero attached hydrogens (tertiary/aromatic N) is 2. The van der Waals surface area contributed by atoms with Gasteiger partial charge in [-0.3, -0.25) is 9.36 Å². The van der Waals surface area contributed by atoms with E-state index in [2.05, 4.69) is 4.98 Å². The summed E-state index contributed by atoms with van der Waals surface area (Å²) in [4.78, 5) is 15.4. The SMILES string of the molecule is Cn1c(SCc2cccc(C(F)(F)F)c2)ncc(O)c1=O. The van der Waals surface area contributed by atoms with E-state index in [4.69, 9.17) is 0 Å². The number of aromatic hydroxyl groups is 1. The van der Waals surface area contributed by atoms with Crippen molar-refractivity contribution in [1.29, 1.82) is 0 Å². The van der Waals surface area contributed by atoms with Gasteiger partial charge in [0.05, 0.1) is 11.8 Å². The van der Waals surface area contributed by atoms with Crippen LogP contribution in [0.3, 0.4) is 0 Å². The van der Waals surface area contributed by atoms with E-state index in [0.717, 1.165) is 34.7 Å². The quantitative estimate of drug-likeness (QED) is 0.699. The third-order valence-electron chi connectivity index (χ3n) is 2.73. The first-order chi connectivity index (χ1) is 9.79. The molecule has 1 N–H and O–H groups in total. The van der Waals surface area contributed by atoms with Gasteiger partial charge in [0, 0.05) is 12.8 Å². The average molecular weight is 316 g/mol. The summed E-state index contributed by atoms with van der Waals surface area (Å²) in [6.07, 6.45) is -3.36. The lowest BCUT2D eigenvalue weighted by atomic mass is 10.1. The summed E-state index contributed by atoms with van der Waals surface area (Å²) < 4.78 is 38.9. The van der Waals surface area contributed by atoms with Crippen molar-refractivity contribution in [3.63, 3.8) is 0 Å². The highest BCUT2D eigenvalue weighted by Crippen LogP contribution is 2.30. The van der Waals surface area contributed by atoms with Gasteiger partial charge in [0.25, 0.3) is 5.56 Å². The molecule has 0 aliphatic heterocycles. The van der Waals surface area contributed by atoms with E-state index in [1.54, 1.807) is 6.07 Å². The summed E-state index contributed by atoms with van der Waals surface area (Å²) in [6, 6.07) is 4.97. The first-order valence-corrected chi connectivity index (χ1v) is 6.81. The van der Waals surface area contributed by atoms with Gasteiger partial charge in [0.2, 0.25) is 0 Å². The van der Waals surface area contributed by atoms with Crippen molar-refractivity contribution in [2.45, 2.75) is 17.1 Å². The Bertz CT molecular complexity index is 713. The van der Waals surface area contributed by atoms with Crippen molar-refractivity contribution >= 4 is 11.8 Å². The molecule has 0 aliphatic rings. The zero-order chi connectivity index (χ0) is 15.6. The maximum absolute atomic E-state index is 12.6. The Morgan fingerprint density at radius 1 is 1.38 bits per heavy atom. The van der Waals surface area contributed by atoms with Gasteiger partial charge in [0.1, 0.15) is 0 Å². The van der Waals surface area contributed by atoms with E-state index in [0.29, 0.717) is 10.7 Å². The zero-order valence-electron chi connectivity index (χ0n) is 10.9. The Labute approximate surface area is 122 Å². The van der Waals surface area contributed by atoms with Crippen LogP contribution in [0.5, 0.6) is 5.75 Å². The normalized spacial score (nSPS) is 11.6. The summed E-state index contributed by atoms with van der Waals surface area (Å²) in [6.45, 7) is 0. The van der Waals surface area contributed by atoms with Crippen molar-refractivity contribution in [2.24, 2.45) is 7.05 Å². The number of halogens is 3. The maximum atomic E-state index is 12.6. The zero-order valence-corrected chi connectivity index (χ0v) is 11.7. The first kappa shape index (κ1) is 15.4. The van der Waals surface area contributed by atoms with E-state index in [1.165, 1.54) is 13.1 Å². The third kappa shape index (κ3) is 3.57. The summed E-state index contributed by atoms with van der Waals surface area (Å²) in [5, 5.41) is 9.52. The number of alkyl halides is 3. The van der Waals surface area contributed by atoms with Crippen LogP contribution in [0.1, 0.15) is 11.1 Å². The number of aromatic nitrogens is 2. The highest BCUT2D eigenvalue weighted by atomic mass is 32.2. The molecule has 21 heavy (non-hydrogen) atoms. The van der Waals surface area contributed by atoms with Gasteiger partial charge in [-0.15, -0.1) is 0 Å². The second-order valence-corrected chi connectivity index (χ2v) is 5.22. The Morgan fingerprint density at radius 3 is 2.76 bits per heavy atom. The molecule has 0 radical (unpaired) electrons. The monoisotopic (exact) mass is 316 g/mol. The van der Waals surface area contributed by atoms with Crippen LogP contribution in [0, 0.1) is 0 Å². The number of rotatable bonds is 3. The molecule has 4 nitrogen and oxygen atoms in total. The van der Waals surface area contributed by atoms with E-state index >= 15 is 0 Å². The average Bonchev–Trinajstić information content (AvgIpc) is 2.43. The Morgan fingerprint density at radius 2 is 2.10 bits per heavy atom. The molecule has 1 aromatic carbocycles. The van der Waals surface area contributed by atoms with Crippen LogP contribution in [0.25, 0.3) is 0 Å². The second kappa shape index (κ2) is 5.80. The van der Waals surface area contributed by atoms with Crippen LogP contribution in [0.15, 0.2) is 40.4 Å². The van der Waals surface area contributed by atoms with Crippen LogP contribution in [0.4, 0.5) is 13.2 Å². The number of thioether (sulfide) groups is 1. The Balaban J connectivity index is 2.18. The molecular weight excluding hydrogens is 305 g/mol. The summed E-state index contributed by atoms with van der Waals surface area (Å²) >= 11 is 1.12. The van der Waals surface area contributed by atoms with Crippen molar-refractivity contribution in [3.8, 4) is 5.75 Å².